The second kappa shape index (κ2) is 6.83. The predicted molar refractivity (Wildman–Crippen MR) is 75.4 cm³/mol. The van der Waals surface area contributed by atoms with E-state index in [-0.39, 0.29) is 19.4 Å². The lowest BCUT2D eigenvalue weighted by molar-refractivity contribution is 0.0567. The molecule has 1 saturated carbocycles. The lowest BCUT2D eigenvalue weighted by Gasteiger charge is -2.27. The highest BCUT2D eigenvalue weighted by molar-refractivity contribution is 7.90. The fourth-order valence-corrected chi connectivity index (χ4v) is 4.19. The van der Waals surface area contributed by atoms with E-state index in [9.17, 15) is 17.2 Å². The van der Waals surface area contributed by atoms with Gasteiger partial charge in [-0.05, 0) is 32.6 Å². The molecule has 0 spiro atoms. The van der Waals surface area contributed by atoms with E-state index in [1.807, 2.05) is 11.5 Å². The highest BCUT2D eigenvalue weighted by Gasteiger charge is 2.33. The largest absolute Gasteiger partial charge is 0.334 e. The van der Waals surface area contributed by atoms with Gasteiger partial charge in [-0.2, -0.15) is 0 Å². The van der Waals surface area contributed by atoms with Gasteiger partial charge in [-0.15, -0.1) is 0 Å². The van der Waals surface area contributed by atoms with E-state index in [1.165, 1.54) is 0 Å². The summed E-state index contributed by atoms with van der Waals surface area (Å²) in [5.74, 6) is -0.00205. The van der Waals surface area contributed by atoms with Crippen LogP contribution in [-0.2, 0) is 23.1 Å². The molecule has 0 bridgehead atoms. The van der Waals surface area contributed by atoms with Crippen LogP contribution in [-0.4, -0.2) is 29.6 Å². The number of alkyl halides is 2. The Labute approximate surface area is 123 Å². The molecule has 0 aromatic carbocycles. The van der Waals surface area contributed by atoms with Crippen LogP contribution in [0.4, 0.5) is 8.78 Å². The van der Waals surface area contributed by atoms with Crippen molar-refractivity contribution in [1.29, 1.82) is 0 Å². The van der Waals surface area contributed by atoms with E-state index < -0.39 is 27.6 Å². The molecule has 5 nitrogen and oxygen atoms in total. The highest BCUT2D eigenvalue weighted by atomic mass is 32.2. The summed E-state index contributed by atoms with van der Waals surface area (Å²) in [4.78, 5) is 4.11. The van der Waals surface area contributed by atoms with Gasteiger partial charge in [-0.1, -0.05) is 0 Å². The minimum Gasteiger partial charge on any atom is -0.334 e. The molecule has 0 unspecified atom stereocenters. The molecule has 0 atom stereocenters. The molecule has 8 heteroatoms. The van der Waals surface area contributed by atoms with Crippen molar-refractivity contribution in [3.05, 3.63) is 18.2 Å². The second-order valence-corrected chi connectivity index (χ2v) is 7.41. The first-order valence-electron chi connectivity index (χ1n) is 7.20. The van der Waals surface area contributed by atoms with Gasteiger partial charge in [-0.25, -0.2) is 26.9 Å². The Kier molecular flexibility index (Phi) is 5.32. The van der Waals surface area contributed by atoms with E-state index >= 15 is 0 Å². The van der Waals surface area contributed by atoms with E-state index in [2.05, 4.69) is 9.71 Å². The molecule has 21 heavy (non-hydrogen) atoms. The Morgan fingerprint density at radius 3 is 2.62 bits per heavy atom. The minimum atomic E-state index is -3.48. The fraction of sp³-hybridized carbons (Fsp3) is 0.769. The minimum absolute atomic E-state index is 0.137. The number of rotatable bonds is 6. The van der Waals surface area contributed by atoms with Crippen molar-refractivity contribution >= 4 is 10.0 Å². The zero-order valence-electron chi connectivity index (χ0n) is 12.0. The third-order valence-electron chi connectivity index (χ3n) is 4.09. The summed E-state index contributed by atoms with van der Waals surface area (Å²) in [6, 6.07) is 0. The molecular weight excluding hydrogens is 300 g/mol. The third-order valence-corrected chi connectivity index (χ3v) is 5.98. The van der Waals surface area contributed by atoms with Crippen molar-refractivity contribution in [2.24, 2.45) is 5.92 Å². The lowest BCUT2D eigenvalue weighted by atomic mass is 9.89. The standard InChI is InChI=1S/C13H21F2N3O2S/c1-2-18-8-7-16-12(18)9-17-21(19,20)11-5-3-10(4-6-11)13(14)15/h7-8,10-11,13,17H,2-6,9H2,1H3. The number of hydrogen-bond acceptors (Lipinski definition) is 3. The first kappa shape index (κ1) is 16.4. The average Bonchev–Trinajstić information content (AvgIpc) is 2.93. The Hall–Kier alpha value is -1.02. The molecule has 0 radical (unpaired) electrons. The molecule has 0 saturated heterocycles. The predicted octanol–water partition coefficient (Wildman–Crippen LogP) is 2.15. The van der Waals surface area contributed by atoms with Gasteiger partial charge in [0.15, 0.2) is 0 Å². The Balaban J connectivity index is 1.91. The number of aromatic nitrogens is 2. The summed E-state index contributed by atoms with van der Waals surface area (Å²) in [6.07, 6.45) is 2.20. The molecule has 2 rings (SSSR count). The lowest BCUT2D eigenvalue weighted by Crippen LogP contribution is -2.37. The number of halogens is 2. The summed E-state index contributed by atoms with van der Waals surface area (Å²) in [5.41, 5.74) is 0. The molecule has 120 valence electrons. The van der Waals surface area contributed by atoms with Gasteiger partial charge in [0.1, 0.15) is 5.82 Å². The van der Waals surface area contributed by atoms with Crippen molar-refractivity contribution in [1.82, 2.24) is 14.3 Å². The van der Waals surface area contributed by atoms with Crippen molar-refractivity contribution in [2.45, 2.75) is 57.4 Å². The zero-order chi connectivity index (χ0) is 15.5. The van der Waals surface area contributed by atoms with E-state index in [0.717, 1.165) is 6.54 Å². The summed E-state index contributed by atoms with van der Waals surface area (Å²) in [5, 5.41) is -0.572. The first-order chi connectivity index (χ1) is 9.94. The summed E-state index contributed by atoms with van der Waals surface area (Å²) < 4.78 is 54.0. The van der Waals surface area contributed by atoms with Crippen LogP contribution < -0.4 is 4.72 Å². The smallest absolute Gasteiger partial charge is 0.241 e. The number of imidazole rings is 1. The molecule has 1 aliphatic carbocycles. The number of nitrogens with one attached hydrogen (secondary N) is 1. The molecule has 1 aliphatic rings. The molecule has 1 aromatic heterocycles. The maximum atomic E-state index is 12.6. The van der Waals surface area contributed by atoms with E-state index in [0.29, 0.717) is 18.7 Å². The van der Waals surface area contributed by atoms with Gasteiger partial charge in [0, 0.05) is 24.9 Å². The zero-order valence-corrected chi connectivity index (χ0v) is 12.8. The quantitative estimate of drug-likeness (QED) is 0.873. The monoisotopic (exact) mass is 321 g/mol. The fourth-order valence-electron chi connectivity index (χ4n) is 2.73. The van der Waals surface area contributed by atoms with E-state index in [4.69, 9.17) is 0 Å². The van der Waals surface area contributed by atoms with Crippen LogP contribution in [0.5, 0.6) is 0 Å². The Morgan fingerprint density at radius 2 is 2.05 bits per heavy atom. The average molecular weight is 321 g/mol. The number of hydrogen-bond donors (Lipinski definition) is 1. The molecule has 1 N–H and O–H groups in total. The van der Waals surface area contributed by atoms with E-state index in [1.54, 1.807) is 12.4 Å². The third kappa shape index (κ3) is 4.00. The first-order valence-corrected chi connectivity index (χ1v) is 8.75. The van der Waals surface area contributed by atoms with Crippen LogP contribution in [0.2, 0.25) is 0 Å². The van der Waals surface area contributed by atoms with Gasteiger partial charge in [0.05, 0.1) is 11.8 Å². The maximum absolute atomic E-state index is 12.6. The van der Waals surface area contributed by atoms with Crippen LogP contribution in [0.25, 0.3) is 0 Å². The van der Waals surface area contributed by atoms with Crippen molar-refractivity contribution in [3.8, 4) is 0 Å². The molecule has 0 aliphatic heterocycles. The number of aryl methyl sites for hydroxylation is 1. The van der Waals surface area contributed by atoms with Crippen LogP contribution in [0, 0.1) is 5.92 Å². The topological polar surface area (TPSA) is 64.0 Å². The normalized spacial score (nSPS) is 23.6. The van der Waals surface area contributed by atoms with Crippen molar-refractivity contribution < 1.29 is 17.2 Å². The molecule has 1 heterocycles. The second-order valence-electron chi connectivity index (χ2n) is 5.37. The maximum Gasteiger partial charge on any atom is 0.241 e. The summed E-state index contributed by atoms with van der Waals surface area (Å²) >= 11 is 0. The van der Waals surface area contributed by atoms with Gasteiger partial charge in [-0.3, -0.25) is 0 Å². The van der Waals surface area contributed by atoms with Gasteiger partial charge >= 0.3 is 0 Å². The van der Waals surface area contributed by atoms with Crippen LogP contribution in [0.15, 0.2) is 12.4 Å². The SMILES string of the molecule is CCn1ccnc1CNS(=O)(=O)C1CCC(C(F)F)CC1. The van der Waals surface area contributed by atoms with Gasteiger partial charge in [0.2, 0.25) is 16.4 Å². The highest BCUT2D eigenvalue weighted by Crippen LogP contribution is 2.31. The number of sulfonamides is 1. The summed E-state index contributed by atoms with van der Waals surface area (Å²) in [7, 11) is -3.48. The number of nitrogens with zero attached hydrogens (tertiary/aromatic N) is 2. The van der Waals surface area contributed by atoms with Crippen molar-refractivity contribution in [3.63, 3.8) is 0 Å². The van der Waals surface area contributed by atoms with Gasteiger partial charge in [0.25, 0.3) is 0 Å². The molecule has 0 amide bonds. The molecule has 1 fully saturated rings. The van der Waals surface area contributed by atoms with Crippen molar-refractivity contribution in [2.75, 3.05) is 0 Å². The Bertz CT molecular complexity index is 552. The van der Waals surface area contributed by atoms with Crippen LogP contribution in [0.3, 0.4) is 0 Å². The Morgan fingerprint density at radius 1 is 1.38 bits per heavy atom. The summed E-state index contributed by atoms with van der Waals surface area (Å²) in [6.45, 7) is 2.81. The van der Waals surface area contributed by atoms with Crippen LogP contribution >= 0.6 is 0 Å². The molecule has 1 aromatic rings. The van der Waals surface area contributed by atoms with Gasteiger partial charge < -0.3 is 4.57 Å². The van der Waals surface area contributed by atoms with Crippen LogP contribution in [0.1, 0.15) is 38.4 Å². The molecular formula is C13H21F2N3O2S.